The molecule has 1 fully saturated rings. The van der Waals surface area contributed by atoms with Gasteiger partial charge >= 0.3 is 0 Å². The second-order valence-electron chi connectivity index (χ2n) is 7.05. The molecule has 2 aromatic carbocycles. The molecular formula is C22H29N3O2. The Hall–Kier alpha value is -2.69. The fraction of sp³-hybridized carbons (Fsp3) is 0.409. The molecule has 3 rings (SSSR count). The number of nitrogens with zero attached hydrogens (tertiary/aromatic N) is 1. The lowest BCUT2D eigenvalue weighted by Gasteiger charge is -2.21. The highest BCUT2D eigenvalue weighted by Crippen LogP contribution is 2.48. The minimum atomic E-state index is 0.237. The molecular weight excluding hydrogens is 338 g/mol. The third-order valence-corrected chi connectivity index (χ3v) is 5.33. The summed E-state index contributed by atoms with van der Waals surface area (Å²) in [5, 5.41) is 6.88. The number of ether oxygens (including phenoxy) is 2. The van der Waals surface area contributed by atoms with Crippen LogP contribution >= 0.6 is 0 Å². The molecule has 0 bridgehead atoms. The SMILES string of the molecule is CN=C(NCc1ccc(OC)cc1OC)NCC1(c2ccccc2C)CC1. The first-order valence-electron chi connectivity index (χ1n) is 9.33. The number of rotatable bonds is 7. The number of hydrogen-bond donors (Lipinski definition) is 2. The molecule has 1 aliphatic rings. The van der Waals surface area contributed by atoms with E-state index in [1.54, 1.807) is 21.3 Å². The highest BCUT2D eigenvalue weighted by atomic mass is 16.5. The van der Waals surface area contributed by atoms with Crippen LogP contribution in [0.1, 0.15) is 29.5 Å². The van der Waals surface area contributed by atoms with Crippen molar-refractivity contribution in [2.75, 3.05) is 27.8 Å². The second kappa shape index (κ2) is 8.33. The third-order valence-electron chi connectivity index (χ3n) is 5.33. The van der Waals surface area contributed by atoms with Crippen molar-refractivity contribution in [3.8, 4) is 11.5 Å². The zero-order valence-electron chi connectivity index (χ0n) is 16.6. The Labute approximate surface area is 161 Å². The molecule has 0 aromatic heterocycles. The predicted octanol–water partition coefficient (Wildman–Crippen LogP) is 3.41. The van der Waals surface area contributed by atoms with Crippen molar-refractivity contribution in [2.24, 2.45) is 4.99 Å². The molecule has 27 heavy (non-hydrogen) atoms. The van der Waals surface area contributed by atoms with Crippen molar-refractivity contribution in [3.05, 3.63) is 59.2 Å². The largest absolute Gasteiger partial charge is 0.497 e. The van der Waals surface area contributed by atoms with E-state index in [4.69, 9.17) is 9.47 Å². The Kier molecular flexibility index (Phi) is 5.89. The minimum absolute atomic E-state index is 0.237. The first-order valence-corrected chi connectivity index (χ1v) is 9.33. The Morgan fingerprint density at radius 2 is 1.85 bits per heavy atom. The van der Waals surface area contributed by atoms with Gasteiger partial charge in [-0.05, 0) is 43.0 Å². The zero-order chi connectivity index (χ0) is 19.3. The first kappa shape index (κ1) is 19.1. The summed E-state index contributed by atoms with van der Waals surface area (Å²) in [4.78, 5) is 4.37. The highest BCUT2D eigenvalue weighted by Gasteiger charge is 2.44. The summed E-state index contributed by atoms with van der Waals surface area (Å²) in [6.45, 7) is 3.71. The van der Waals surface area contributed by atoms with Crippen LogP contribution in [0.5, 0.6) is 11.5 Å². The van der Waals surface area contributed by atoms with Crippen molar-refractivity contribution >= 4 is 5.96 Å². The molecule has 144 valence electrons. The molecule has 0 spiro atoms. The maximum absolute atomic E-state index is 5.47. The molecule has 1 aliphatic carbocycles. The van der Waals surface area contributed by atoms with Crippen molar-refractivity contribution in [3.63, 3.8) is 0 Å². The third kappa shape index (κ3) is 4.35. The summed E-state index contributed by atoms with van der Waals surface area (Å²) in [5.74, 6) is 2.38. The monoisotopic (exact) mass is 367 g/mol. The normalized spacial score (nSPS) is 15.2. The summed E-state index contributed by atoms with van der Waals surface area (Å²) >= 11 is 0. The van der Waals surface area contributed by atoms with Crippen LogP contribution in [0.3, 0.4) is 0 Å². The Morgan fingerprint density at radius 1 is 1.07 bits per heavy atom. The van der Waals surface area contributed by atoms with Crippen LogP contribution in [0, 0.1) is 6.92 Å². The maximum atomic E-state index is 5.47. The summed E-state index contributed by atoms with van der Waals surface area (Å²) in [5.41, 5.74) is 4.11. The van der Waals surface area contributed by atoms with Gasteiger partial charge in [-0.25, -0.2) is 0 Å². The molecule has 0 unspecified atom stereocenters. The highest BCUT2D eigenvalue weighted by molar-refractivity contribution is 5.80. The van der Waals surface area contributed by atoms with Gasteiger partial charge in [0.05, 0.1) is 14.2 Å². The maximum Gasteiger partial charge on any atom is 0.191 e. The molecule has 0 radical (unpaired) electrons. The van der Waals surface area contributed by atoms with Gasteiger partial charge in [-0.3, -0.25) is 4.99 Å². The molecule has 0 heterocycles. The standard InChI is InChI=1S/C22H29N3O2/c1-16-7-5-6-8-19(16)22(11-12-22)15-25-21(23-2)24-14-17-9-10-18(26-3)13-20(17)27-4/h5-10,13H,11-12,14-15H2,1-4H3,(H2,23,24,25). The molecule has 0 atom stereocenters. The molecule has 0 amide bonds. The van der Waals surface area contributed by atoms with Crippen LogP contribution in [0.4, 0.5) is 0 Å². The van der Waals surface area contributed by atoms with Crippen LogP contribution in [0.2, 0.25) is 0 Å². The van der Waals surface area contributed by atoms with Gasteiger partial charge in [0.2, 0.25) is 0 Å². The van der Waals surface area contributed by atoms with Crippen LogP contribution in [-0.2, 0) is 12.0 Å². The van der Waals surface area contributed by atoms with Crippen molar-refractivity contribution < 1.29 is 9.47 Å². The quantitative estimate of drug-likeness (QED) is 0.582. The van der Waals surface area contributed by atoms with E-state index in [0.717, 1.165) is 29.6 Å². The average Bonchev–Trinajstić information content (AvgIpc) is 3.49. The van der Waals surface area contributed by atoms with Crippen molar-refractivity contribution in [1.82, 2.24) is 10.6 Å². The van der Waals surface area contributed by atoms with Crippen LogP contribution in [0.15, 0.2) is 47.5 Å². The van der Waals surface area contributed by atoms with Gasteiger partial charge in [0.1, 0.15) is 11.5 Å². The summed E-state index contributed by atoms with van der Waals surface area (Å²) in [6, 6.07) is 14.5. The molecule has 5 nitrogen and oxygen atoms in total. The summed E-state index contributed by atoms with van der Waals surface area (Å²) in [6.07, 6.45) is 2.43. The molecule has 0 aliphatic heterocycles. The van der Waals surface area contributed by atoms with E-state index in [-0.39, 0.29) is 5.41 Å². The Morgan fingerprint density at radius 3 is 2.48 bits per heavy atom. The van der Waals surface area contributed by atoms with E-state index in [2.05, 4.69) is 46.8 Å². The average molecular weight is 367 g/mol. The molecule has 2 N–H and O–H groups in total. The van der Waals surface area contributed by atoms with Gasteiger partial charge in [0.15, 0.2) is 5.96 Å². The Balaban J connectivity index is 1.60. The first-order chi connectivity index (χ1) is 13.1. The van der Waals surface area contributed by atoms with Crippen LogP contribution < -0.4 is 20.1 Å². The number of guanidine groups is 1. The summed E-state index contributed by atoms with van der Waals surface area (Å²) in [7, 11) is 5.12. The molecule has 1 saturated carbocycles. The Bertz CT molecular complexity index is 813. The fourth-order valence-corrected chi connectivity index (χ4v) is 3.51. The molecule has 5 heteroatoms. The topological polar surface area (TPSA) is 54.9 Å². The van der Waals surface area contributed by atoms with E-state index in [9.17, 15) is 0 Å². The number of methoxy groups -OCH3 is 2. The predicted molar refractivity (Wildman–Crippen MR) is 110 cm³/mol. The van der Waals surface area contributed by atoms with Crippen molar-refractivity contribution in [1.29, 1.82) is 0 Å². The van der Waals surface area contributed by atoms with E-state index < -0.39 is 0 Å². The molecule has 0 saturated heterocycles. The van der Waals surface area contributed by atoms with Gasteiger partial charge in [0.25, 0.3) is 0 Å². The lowest BCUT2D eigenvalue weighted by molar-refractivity contribution is 0.390. The lowest BCUT2D eigenvalue weighted by atomic mass is 9.92. The minimum Gasteiger partial charge on any atom is -0.497 e. The van der Waals surface area contributed by atoms with Gasteiger partial charge in [0, 0.05) is 37.2 Å². The number of aliphatic imine (C=N–C) groups is 1. The van der Waals surface area contributed by atoms with E-state index >= 15 is 0 Å². The number of aryl methyl sites for hydroxylation is 1. The van der Waals surface area contributed by atoms with Gasteiger partial charge in [-0.2, -0.15) is 0 Å². The van der Waals surface area contributed by atoms with Crippen molar-refractivity contribution in [2.45, 2.75) is 31.7 Å². The number of nitrogens with one attached hydrogen (secondary N) is 2. The number of hydrogen-bond acceptors (Lipinski definition) is 3. The van der Waals surface area contributed by atoms with Crippen LogP contribution in [-0.4, -0.2) is 33.8 Å². The van der Waals surface area contributed by atoms with Gasteiger partial charge < -0.3 is 20.1 Å². The number of benzene rings is 2. The second-order valence-corrected chi connectivity index (χ2v) is 7.05. The van der Waals surface area contributed by atoms with Gasteiger partial charge in [-0.15, -0.1) is 0 Å². The zero-order valence-corrected chi connectivity index (χ0v) is 16.6. The van der Waals surface area contributed by atoms with Crippen LogP contribution in [0.25, 0.3) is 0 Å². The molecule has 2 aromatic rings. The van der Waals surface area contributed by atoms with E-state index in [0.29, 0.717) is 6.54 Å². The smallest absolute Gasteiger partial charge is 0.191 e. The van der Waals surface area contributed by atoms with Gasteiger partial charge in [-0.1, -0.05) is 24.3 Å². The van der Waals surface area contributed by atoms with E-state index in [1.165, 1.54) is 24.0 Å². The lowest BCUT2D eigenvalue weighted by Crippen LogP contribution is -2.41. The van der Waals surface area contributed by atoms with E-state index in [1.807, 2.05) is 18.2 Å². The summed E-state index contributed by atoms with van der Waals surface area (Å²) < 4.78 is 10.7. The fourth-order valence-electron chi connectivity index (χ4n) is 3.51.